The first-order chi connectivity index (χ1) is 14.5. The second-order valence-corrected chi connectivity index (χ2v) is 6.63. The van der Waals surface area contributed by atoms with Gasteiger partial charge in [-0.2, -0.15) is 26.3 Å². The molecule has 0 aromatic heterocycles. The third-order valence-electron chi connectivity index (χ3n) is 4.33. The number of alkyl halides is 6. The van der Waals surface area contributed by atoms with Crippen molar-refractivity contribution in [3.05, 3.63) is 95.1 Å². The molecule has 0 aliphatic rings. The summed E-state index contributed by atoms with van der Waals surface area (Å²) in [7, 11) is 0. The summed E-state index contributed by atoms with van der Waals surface area (Å²) in [6.45, 7) is -0.508. The Balaban J connectivity index is 1.81. The Bertz CT molecular complexity index is 1030. The maximum atomic E-state index is 13.0. The average molecular weight is 438 g/mol. The van der Waals surface area contributed by atoms with Crippen molar-refractivity contribution in [3.63, 3.8) is 0 Å². The van der Waals surface area contributed by atoms with Gasteiger partial charge in [-0.05, 0) is 48.0 Å². The Kier molecular flexibility index (Phi) is 6.24. The number of hydrogen-bond acceptors (Lipinski definition) is 2. The number of carbonyl (C=O) groups is 1. The van der Waals surface area contributed by atoms with Crippen molar-refractivity contribution in [1.82, 2.24) is 5.32 Å². The molecule has 0 radical (unpaired) electrons. The van der Waals surface area contributed by atoms with Crippen LogP contribution in [0.15, 0.2) is 72.8 Å². The van der Waals surface area contributed by atoms with E-state index in [1.807, 2.05) is 6.07 Å². The van der Waals surface area contributed by atoms with E-state index in [1.54, 1.807) is 42.5 Å². The molecule has 9 heteroatoms. The molecule has 0 bridgehead atoms. The highest BCUT2D eigenvalue weighted by Crippen LogP contribution is 2.36. The number of benzene rings is 3. The van der Waals surface area contributed by atoms with E-state index < -0.39 is 35.9 Å². The number of nitrogens with one attached hydrogen (secondary N) is 2. The maximum absolute atomic E-state index is 13.0. The molecule has 162 valence electrons. The first-order valence-corrected chi connectivity index (χ1v) is 9.02. The lowest BCUT2D eigenvalue weighted by atomic mass is 10.0. The van der Waals surface area contributed by atoms with E-state index in [1.165, 1.54) is 6.07 Å². The lowest BCUT2D eigenvalue weighted by molar-refractivity contribution is -0.143. The predicted molar refractivity (Wildman–Crippen MR) is 104 cm³/mol. The molecule has 31 heavy (non-hydrogen) atoms. The van der Waals surface area contributed by atoms with Crippen molar-refractivity contribution in [2.75, 3.05) is 5.32 Å². The number of anilines is 2. The largest absolute Gasteiger partial charge is 0.416 e. The van der Waals surface area contributed by atoms with Gasteiger partial charge < -0.3 is 10.6 Å². The molecular formula is C22H16F6N2O. The quantitative estimate of drug-likeness (QED) is 0.453. The molecule has 0 atom stereocenters. The van der Waals surface area contributed by atoms with Crippen LogP contribution >= 0.6 is 0 Å². The molecule has 3 rings (SSSR count). The molecule has 0 aliphatic heterocycles. The first kappa shape index (κ1) is 22.2. The van der Waals surface area contributed by atoms with Gasteiger partial charge >= 0.3 is 12.4 Å². The standard InChI is InChI=1S/C22H16F6N2O/c23-21(24,25)15-10-14(11-16(12-15)22(26,27)28)13-29-20(31)18-8-4-5-9-19(18)30-17-6-2-1-3-7-17/h1-12,30H,13H2,(H,29,31). The molecule has 0 aliphatic carbocycles. The van der Waals surface area contributed by atoms with Crippen LogP contribution in [0, 0.1) is 0 Å². The van der Waals surface area contributed by atoms with Crippen LogP contribution in [0.4, 0.5) is 37.7 Å². The SMILES string of the molecule is O=C(NCc1cc(C(F)(F)F)cc(C(F)(F)F)c1)c1ccccc1Nc1ccccc1. The molecule has 0 spiro atoms. The lowest BCUT2D eigenvalue weighted by Gasteiger charge is -2.15. The normalized spacial score (nSPS) is 11.8. The van der Waals surface area contributed by atoms with E-state index in [4.69, 9.17) is 0 Å². The zero-order valence-electron chi connectivity index (χ0n) is 15.8. The monoisotopic (exact) mass is 438 g/mol. The topological polar surface area (TPSA) is 41.1 Å². The van der Waals surface area contributed by atoms with Crippen molar-refractivity contribution in [1.29, 1.82) is 0 Å². The summed E-state index contributed by atoms with van der Waals surface area (Å²) < 4.78 is 78.0. The van der Waals surface area contributed by atoms with Crippen LogP contribution in [0.1, 0.15) is 27.0 Å². The Morgan fingerprint density at radius 3 is 1.87 bits per heavy atom. The molecule has 0 heterocycles. The first-order valence-electron chi connectivity index (χ1n) is 9.02. The Hall–Kier alpha value is -3.49. The van der Waals surface area contributed by atoms with Gasteiger partial charge in [0.15, 0.2) is 0 Å². The number of para-hydroxylation sites is 2. The Morgan fingerprint density at radius 2 is 1.29 bits per heavy atom. The molecule has 3 aromatic rings. The van der Waals surface area contributed by atoms with Gasteiger partial charge in [0.05, 0.1) is 22.4 Å². The fourth-order valence-electron chi connectivity index (χ4n) is 2.87. The van der Waals surface area contributed by atoms with Crippen molar-refractivity contribution >= 4 is 17.3 Å². The summed E-state index contributed by atoms with van der Waals surface area (Å²) in [6.07, 6.45) is -9.90. The Labute approximate surface area is 173 Å². The van der Waals surface area contributed by atoms with Crippen molar-refractivity contribution in [2.24, 2.45) is 0 Å². The molecule has 2 N–H and O–H groups in total. The van der Waals surface area contributed by atoms with Crippen molar-refractivity contribution < 1.29 is 31.1 Å². The Morgan fingerprint density at radius 1 is 0.742 bits per heavy atom. The molecule has 3 nitrogen and oxygen atoms in total. The van der Waals surface area contributed by atoms with Gasteiger partial charge in [-0.1, -0.05) is 30.3 Å². The third-order valence-corrected chi connectivity index (χ3v) is 4.33. The lowest BCUT2D eigenvalue weighted by Crippen LogP contribution is -2.24. The number of halogens is 6. The van der Waals surface area contributed by atoms with Gasteiger partial charge in [0.2, 0.25) is 0 Å². The highest BCUT2D eigenvalue weighted by molar-refractivity contribution is 6.00. The molecule has 1 amide bonds. The van der Waals surface area contributed by atoms with Crippen LogP contribution in [-0.2, 0) is 18.9 Å². The zero-order chi connectivity index (χ0) is 22.6. The maximum Gasteiger partial charge on any atom is 0.416 e. The summed E-state index contributed by atoms with van der Waals surface area (Å²) in [5, 5.41) is 5.44. The van der Waals surface area contributed by atoms with Crippen LogP contribution in [0.25, 0.3) is 0 Å². The van der Waals surface area contributed by atoms with Gasteiger partial charge in [-0.25, -0.2) is 0 Å². The summed E-state index contributed by atoms with van der Waals surface area (Å²) in [5.74, 6) is -0.648. The van der Waals surface area contributed by atoms with Crippen molar-refractivity contribution in [2.45, 2.75) is 18.9 Å². The van der Waals surface area contributed by atoms with Crippen LogP contribution in [-0.4, -0.2) is 5.91 Å². The minimum atomic E-state index is -4.95. The third kappa shape index (κ3) is 5.78. The van der Waals surface area contributed by atoms with Crippen LogP contribution in [0.5, 0.6) is 0 Å². The zero-order valence-corrected chi connectivity index (χ0v) is 15.8. The highest BCUT2D eigenvalue weighted by Gasteiger charge is 2.36. The molecule has 0 saturated heterocycles. The average Bonchev–Trinajstić information content (AvgIpc) is 2.72. The highest BCUT2D eigenvalue weighted by atomic mass is 19.4. The molecule has 3 aromatic carbocycles. The van der Waals surface area contributed by atoms with Crippen LogP contribution in [0.2, 0.25) is 0 Å². The van der Waals surface area contributed by atoms with Crippen LogP contribution in [0.3, 0.4) is 0 Å². The van der Waals surface area contributed by atoms with Crippen LogP contribution < -0.4 is 10.6 Å². The second kappa shape index (κ2) is 8.71. The van der Waals surface area contributed by atoms with Gasteiger partial charge in [0.1, 0.15) is 0 Å². The fourth-order valence-corrected chi connectivity index (χ4v) is 2.87. The second-order valence-electron chi connectivity index (χ2n) is 6.63. The van der Waals surface area contributed by atoms with E-state index >= 15 is 0 Å². The van der Waals surface area contributed by atoms with E-state index in [0.29, 0.717) is 23.5 Å². The van der Waals surface area contributed by atoms with E-state index in [-0.39, 0.29) is 17.2 Å². The summed E-state index contributed by atoms with van der Waals surface area (Å²) in [4.78, 5) is 12.6. The van der Waals surface area contributed by atoms with E-state index in [9.17, 15) is 31.1 Å². The smallest absolute Gasteiger partial charge is 0.355 e. The summed E-state index contributed by atoms with van der Waals surface area (Å²) >= 11 is 0. The minimum absolute atomic E-state index is 0.0460. The number of amides is 1. The number of hydrogen-bond donors (Lipinski definition) is 2. The van der Waals surface area contributed by atoms with Gasteiger partial charge in [-0.3, -0.25) is 4.79 Å². The summed E-state index contributed by atoms with van der Waals surface area (Å²) in [6, 6.07) is 16.6. The molecule has 0 unspecified atom stereocenters. The van der Waals surface area contributed by atoms with Gasteiger partial charge in [0.25, 0.3) is 5.91 Å². The van der Waals surface area contributed by atoms with Crippen molar-refractivity contribution in [3.8, 4) is 0 Å². The number of rotatable bonds is 5. The molecular weight excluding hydrogens is 422 g/mol. The fraction of sp³-hybridized carbons (Fsp3) is 0.136. The van der Waals surface area contributed by atoms with E-state index in [2.05, 4.69) is 10.6 Å². The van der Waals surface area contributed by atoms with Gasteiger partial charge in [-0.15, -0.1) is 0 Å². The predicted octanol–water partition coefficient (Wildman–Crippen LogP) is 6.40. The summed E-state index contributed by atoms with van der Waals surface area (Å²) in [5.41, 5.74) is -1.85. The van der Waals surface area contributed by atoms with Gasteiger partial charge in [0, 0.05) is 12.2 Å². The van der Waals surface area contributed by atoms with E-state index in [0.717, 1.165) is 0 Å². The number of carbonyl (C=O) groups excluding carboxylic acids is 1. The minimum Gasteiger partial charge on any atom is -0.355 e. The molecule has 0 fully saturated rings. The molecule has 0 saturated carbocycles.